The Kier molecular flexibility index (Phi) is 12.3. The minimum atomic E-state index is -1.93. The van der Waals surface area contributed by atoms with Gasteiger partial charge in [-0.15, -0.1) is 11.3 Å². The van der Waals surface area contributed by atoms with Crippen LogP contribution in [-0.4, -0.2) is 32.5 Å². The first-order chi connectivity index (χ1) is 12.7. The predicted octanol–water partition coefficient (Wildman–Crippen LogP) is 8.16. The van der Waals surface area contributed by atoms with Crippen LogP contribution in [0.3, 0.4) is 0 Å². The summed E-state index contributed by atoms with van der Waals surface area (Å²) in [5.41, 5.74) is 1.10. The zero-order chi connectivity index (χ0) is 18.7. The highest BCUT2D eigenvalue weighted by molar-refractivity contribution is 9.41. The van der Waals surface area contributed by atoms with Crippen molar-refractivity contribution in [2.24, 2.45) is 0 Å². The van der Waals surface area contributed by atoms with E-state index in [1.54, 1.807) is 41.8 Å². The number of hydrogen-bond donors (Lipinski definition) is 0. The lowest BCUT2D eigenvalue weighted by atomic mass is 10.3. The summed E-state index contributed by atoms with van der Waals surface area (Å²) in [7, 11) is 8.98. The molecule has 1 aromatic heterocycles. The van der Waals surface area contributed by atoms with Crippen LogP contribution in [0.1, 0.15) is 20.3 Å². The highest BCUT2D eigenvalue weighted by atomic mass is 33.9. The molecule has 11 heteroatoms. The Morgan fingerprint density at radius 2 is 1.77 bits per heavy atom. The molecule has 0 unspecified atom stereocenters. The normalized spacial score (nSPS) is 12.1. The Balaban J connectivity index is 1.50. The van der Waals surface area contributed by atoms with Crippen molar-refractivity contribution in [2.75, 3.05) is 19.0 Å². The van der Waals surface area contributed by atoms with E-state index in [0.717, 1.165) is 41.3 Å². The number of para-hydroxylation sites is 1. The molecule has 1 heterocycles. The SMILES string of the molecule is CCO[Si](C)(CCCSSSSSSc1nc2ccccc2s1)OCC. The summed E-state index contributed by atoms with van der Waals surface area (Å²) in [5.74, 6) is 1.14. The number of rotatable bonds is 14. The predicted molar refractivity (Wildman–Crippen MR) is 133 cm³/mol. The van der Waals surface area contributed by atoms with Gasteiger partial charge >= 0.3 is 8.56 Å². The van der Waals surface area contributed by atoms with Crippen molar-refractivity contribution >= 4 is 91.0 Å². The highest BCUT2D eigenvalue weighted by Crippen LogP contribution is 2.54. The Morgan fingerprint density at radius 3 is 2.50 bits per heavy atom. The van der Waals surface area contributed by atoms with Crippen molar-refractivity contribution in [1.82, 2.24) is 4.98 Å². The molecule has 0 saturated heterocycles. The summed E-state index contributed by atoms with van der Waals surface area (Å²) in [6.45, 7) is 7.78. The number of hydrogen-bond acceptors (Lipinski definition) is 10. The average Bonchev–Trinajstić information content (AvgIpc) is 3.03. The maximum absolute atomic E-state index is 5.87. The maximum atomic E-state index is 5.87. The van der Waals surface area contributed by atoms with E-state index < -0.39 is 8.56 Å². The van der Waals surface area contributed by atoms with E-state index in [-0.39, 0.29) is 0 Å². The van der Waals surface area contributed by atoms with E-state index in [1.165, 1.54) is 4.70 Å². The number of aromatic nitrogens is 1. The third-order valence-electron chi connectivity index (χ3n) is 3.27. The average molecular weight is 502 g/mol. The van der Waals surface area contributed by atoms with Gasteiger partial charge in [0.05, 0.1) is 10.2 Å². The van der Waals surface area contributed by atoms with Crippen molar-refractivity contribution in [3.05, 3.63) is 24.3 Å². The van der Waals surface area contributed by atoms with Gasteiger partial charge in [-0.2, -0.15) is 0 Å². The van der Waals surface area contributed by atoms with E-state index in [4.69, 9.17) is 8.85 Å². The van der Waals surface area contributed by atoms with Crippen LogP contribution in [0.2, 0.25) is 12.6 Å². The first-order valence-corrected chi connectivity index (χ1v) is 19.3. The fraction of sp³-hybridized carbons (Fsp3) is 0.533. The molecule has 0 aliphatic rings. The van der Waals surface area contributed by atoms with Crippen molar-refractivity contribution in [2.45, 2.75) is 37.2 Å². The van der Waals surface area contributed by atoms with E-state index in [2.05, 4.69) is 29.7 Å². The summed E-state index contributed by atoms with van der Waals surface area (Å²) in [6, 6.07) is 9.37. The monoisotopic (exact) mass is 501 g/mol. The number of fused-ring (bicyclic) bond motifs is 1. The lowest BCUT2D eigenvalue weighted by Gasteiger charge is -2.25. The molecular formula is C15H23NO2S7Si. The minimum absolute atomic E-state index is 0.751. The molecule has 0 aliphatic carbocycles. The van der Waals surface area contributed by atoms with Gasteiger partial charge in [0, 0.05) is 19.0 Å². The van der Waals surface area contributed by atoms with E-state index >= 15 is 0 Å². The molecule has 0 spiro atoms. The lowest BCUT2D eigenvalue weighted by molar-refractivity contribution is 0.189. The van der Waals surface area contributed by atoms with Crippen molar-refractivity contribution in [3.8, 4) is 0 Å². The number of nitrogens with zero attached hydrogens (tertiary/aromatic N) is 1. The van der Waals surface area contributed by atoms with Crippen LogP contribution in [-0.2, 0) is 8.85 Å². The van der Waals surface area contributed by atoms with Gasteiger partial charge in [0.15, 0.2) is 4.34 Å². The number of thiazole rings is 1. The number of benzene rings is 1. The fourth-order valence-electron chi connectivity index (χ4n) is 2.25. The fourth-order valence-corrected chi connectivity index (χ4v) is 17.8. The van der Waals surface area contributed by atoms with Crippen LogP contribution in [0.25, 0.3) is 10.2 Å². The van der Waals surface area contributed by atoms with E-state index in [1.807, 2.05) is 50.4 Å². The highest BCUT2D eigenvalue weighted by Gasteiger charge is 2.29. The van der Waals surface area contributed by atoms with Gasteiger partial charge < -0.3 is 8.85 Å². The van der Waals surface area contributed by atoms with Gasteiger partial charge in [0.25, 0.3) is 0 Å². The molecule has 0 amide bonds. The Labute approximate surface area is 183 Å². The lowest BCUT2D eigenvalue weighted by Crippen LogP contribution is -2.38. The third-order valence-corrected chi connectivity index (χ3v) is 18.4. The van der Waals surface area contributed by atoms with Crippen LogP contribution in [0.4, 0.5) is 0 Å². The molecule has 2 aromatic rings. The van der Waals surface area contributed by atoms with Gasteiger partial charge in [-0.3, -0.25) is 0 Å². The van der Waals surface area contributed by atoms with Gasteiger partial charge in [-0.25, -0.2) is 4.98 Å². The van der Waals surface area contributed by atoms with Gasteiger partial charge in [-0.1, -0.05) is 22.9 Å². The second kappa shape index (κ2) is 13.5. The zero-order valence-electron chi connectivity index (χ0n) is 15.0. The second-order valence-corrected chi connectivity index (χ2v) is 19.3. The first kappa shape index (κ1) is 23.6. The van der Waals surface area contributed by atoms with Crippen LogP contribution in [0, 0.1) is 0 Å². The molecule has 0 bridgehead atoms. The molecule has 26 heavy (non-hydrogen) atoms. The summed E-state index contributed by atoms with van der Waals surface area (Å²) in [6.07, 6.45) is 1.15. The van der Waals surface area contributed by atoms with Gasteiger partial charge in [0.1, 0.15) is 0 Å². The largest absolute Gasteiger partial charge is 0.395 e. The molecule has 1 aromatic carbocycles. The maximum Gasteiger partial charge on any atom is 0.334 e. The molecule has 0 aliphatic heterocycles. The van der Waals surface area contributed by atoms with Crippen LogP contribution in [0.5, 0.6) is 0 Å². The van der Waals surface area contributed by atoms with Gasteiger partial charge in [0.2, 0.25) is 0 Å². The molecule has 0 radical (unpaired) electrons. The minimum Gasteiger partial charge on any atom is -0.395 e. The molecule has 146 valence electrons. The summed E-state index contributed by atoms with van der Waals surface area (Å²) in [5, 5.41) is 0. The molecule has 0 N–H and O–H groups in total. The molecule has 3 nitrogen and oxygen atoms in total. The topological polar surface area (TPSA) is 31.4 Å². The van der Waals surface area contributed by atoms with E-state index in [0.29, 0.717) is 0 Å². The van der Waals surface area contributed by atoms with Crippen molar-refractivity contribution in [1.29, 1.82) is 0 Å². The molecule has 0 fully saturated rings. The van der Waals surface area contributed by atoms with Crippen molar-refractivity contribution < 1.29 is 8.85 Å². The molecule has 0 saturated carbocycles. The van der Waals surface area contributed by atoms with Crippen LogP contribution < -0.4 is 0 Å². The first-order valence-electron chi connectivity index (χ1n) is 8.26. The molecule has 2 rings (SSSR count). The zero-order valence-corrected chi connectivity index (χ0v) is 21.7. The third kappa shape index (κ3) is 8.79. The van der Waals surface area contributed by atoms with Crippen LogP contribution >= 0.6 is 72.2 Å². The van der Waals surface area contributed by atoms with E-state index in [9.17, 15) is 0 Å². The van der Waals surface area contributed by atoms with Gasteiger partial charge in [-0.05, 0) is 95.1 Å². The smallest absolute Gasteiger partial charge is 0.334 e. The Bertz CT molecular complexity index is 606. The Hall–Kier alpha value is 1.35. The summed E-state index contributed by atoms with van der Waals surface area (Å²) in [4.78, 5) is 4.63. The molecular weight excluding hydrogens is 479 g/mol. The Morgan fingerprint density at radius 1 is 1.04 bits per heavy atom. The van der Waals surface area contributed by atoms with Crippen LogP contribution in [0.15, 0.2) is 28.6 Å². The summed E-state index contributed by atoms with van der Waals surface area (Å²) < 4.78 is 14.1. The quantitative estimate of drug-likeness (QED) is 0.144. The van der Waals surface area contributed by atoms with Crippen molar-refractivity contribution in [3.63, 3.8) is 0 Å². The standard InChI is InChI=1S/C15H23NO2S7Si/c1-4-17-26(3,18-5-2)12-8-11-19-22-24-25-23-21-15-16-13-9-6-7-10-14(13)20-15/h6-7,9-10H,4-5,8,11-12H2,1-3H3. The summed E-state index contributed by atoms with van der Waals surface area (Å²) >= 11 is 1.76. The second-order valence-electron chi connectivity index (χ2n) is 5.23. The molecule has 0 atom stereocenters.